The largest absolute Gasteiger partial charge is 0.509 e. The maximum atomic E-state index is 16.8. The molecule has 0 N–H and O–H groups in total. The maximum absolute atomic E-state index is 16.8. The summed E-state index contributed by atoms with van der Waals surface area (Å²) in [7, 11) is 0. The molecule has 0 atom stereocenters. The number of rotatable bonds is 10. The molecule has 1 aliphatic heterocycles. The van der Waals surface area contributed by atoms with Gasteiger partial charge >= 0.3 is 0 Å². The molecule has 1 aliphatic rings. The van der Waals surface area contributed by atoms with E-state index in [-0.39, 0.29) is 49.6 Å². The SMILES string of the molecule is CC(C)c1cc(-c2cc(C(C)(C)C)cc(-c3c(F)c(F)c(F)c(F)c3F)c2N2[CH-]N(c3[c-]c(Oc4[c-]c5c(cc4)c4ccccc4n5-c4cc(C(C)(C)C)ccn4)cc(-n4c5ccccc5c5ccccc54)c3)c3ccccc32)cc(C(C)C)c1.[Pt]. The zero-order valence-electron chi connectivity index (χ0n) is 49.2. The van der Waals surface area contributed by atoms with Gasteiger partial charge in [-0.15, -0.1) is 42.4 Å². The van der Waals surface area contributed by atoms with Crippen molar-refractivity contribution >= 4 is 66.4 Å². The minimum Gasteiger partial charge on any atom is -0.509 e. The van der Waals surface area contributed by atoms with Crippen LogP contribution in [0.1, 0.15) is 103 Å². The molecular weight excluding hydrogens is 1260 g/mol. The van der Waals surface area contributed by atoms with E-state index in [0.717, 1.165) is 71.8 Å². The van der Waals surface area contributed by atoms with Crippen LogP contribution in [-0.4, -0.2) is 14.1 Å². The van der Waals surface area contributed by atoms with Crippen molar-refractivity contribution in [3.8, 4) is 45.3 Å². The summed E-state index contributed by atoms with van der Waals surface area (Å²) in [5, 5.41) is 4.09. The molecule has 12 heteroatoms. The van der Waals surface area contributed by atoms with Crippen LogP contribution in [0.2, 0.25) is 0 Å². The number of hydrogen-bond donors (Lipinski definition) is 0. The minimum atomic E-state index is -2.23. The third-order valence-corrected chi connectivity index (χ3v) is 16.5. The summed E-state index contributed by atoms with van der Waals surface area (Å²) < 4.78 is 91.7. The molecule has 9 aromatic carbocycles. The van der Waals surface area contributed by atoms with E-state index in [4.69, 9.17) is 9.72 Å². The van der Waals surface area contributed by atoms with E-state index in [9.17, 15) is 0 Å². The van der Waals surface area contributed by atoms with Crippen molar-refractivity contribution in [2.45, 2.75) is 91.9 Å². The number of para-hydroxylation sites is 5. The van der Waals surface area contributed by atoms with Gasteiger partial charge in [0.05, 0.1) is 16.6 Å². The summed E-state index contributed by atoms with van der Waals surface area (Å²) in [4.78, 5) is 8.62. The molecule has 0 spiro atoms. The van der Waals surface area contributed by atoms with E-state index in [1.165, 1.54) is 0 Å². The van der Waals surface area contributed by atoms with Crippen molar-refractivity contribution in [1.29, 1.82) is 0 Å². The van der Waals surface area contributed by atoms with Crippen LogP contribution in [-0.2, 0) is 31.9 Å². The zero-order valence-corrected chi connectivity index (χ0v) is 51.5. The van der Waals surface area contributed by atoms with E-state index in [1.807, 2.05) is 129 Å². The van der Waals surface area contributed by atoms with Crippen molar-refractivity contribution in [1.82, 2.24) is 14.1 Å². The van der Waals surface area contributed by atoms with E-state index >= 15 is 22.0 Å². The van der Waals surface area contributed by atoms with Gasteiger partial charge < -0.3 is 23.7 Å². The van der Waals surface area contributed by atoms with E-state index in [2.05, 4.69) is 130 Å². The Bertz CT molecular complexity index is 4570. The van der Waals surface area contributed by atoms with Crippen LogP contribution in [0.3, 0.4) is 0 Å². The van der Waals surface area contributed by atoms with Crippen LogP contribution < -0.4 is 14.5 Å². The van der Waals surface area contributed by atoms with Crippen molar-refractivity contribution in [3.05, 3.63) is 240 Å². The number of pyridine rings is 1. The zero-order chi connectivity index (χ0) is 59.5. The summed E-state index contributed by atoms with van der Waals surface area (Å²) in [5.74, 6) is -8.51. The van der Waals surface area contributed by atoms with Crippen molar-refractivity contribution in [2.24, 2.45) is 0 Å². The van der Waals surface area contributed by atoms with Crippen molar-refractivity contribution in [3.63, 3.8) is 0 Å². The summed E-state index contributed by atoms with van der Waals surface area (Å²) in [5.41, 5.74) is 9.30. The molecule has 6 nitrogen and oxygen atoms in total. The second kappa shape index (κ2) is 21.8. The van der Waals surface area contributed by atoms with Crippen LogP contribution in [0.25, 0.3) is 77.4 Å². The van der Waals surface area contributed by atoms with Gasteiger partial charge in [-0.1, -0.05) is 171 Å². The fraction of sp³-hybridized carbons (Fsp3) is 0.189. The Morgan fingerprint density at radius 2 is 1.01 bits per heavy atom. The Kier molecular flexibility index (Phi) is 14.6. The molecule has 13 rings (SSSR count). The molecule has 86 heavy (non-hydrogen) atoms. The van der Waals surface area contributed by atoms with Gasteiger partial charge in [-0.3, -0.25) is 0 Å². The van der Waals surface area contributed by atoms with Gasteiger partial charge in [0.15, 0.2) is 23.3 Å². The normalized spacial score (nSPS) is 12.8. The fourth-order valence-corrected chi connectivity index (χ4v) is 11.9. The predicted molar refractivity (Wildman–Crippen MR) is 335 cm³/mol. The number of ether oxygens (including phenoxy) is 1. The third-order valence-electron chi connectivity index (χ3n) is 16.5. The summed E-state index contributed by atoms with van der Waals surface area (Å²) in [6.45, 7) is 22.6. The molecule has 0 bridgehead atoms. The molecular formula is C74H61F5N5OPt-3. The van der Waals surface area contributed by atoms with Gasteiger partial charge in [0.25, 0.3) is 0 Å². The van der Waals surface area contributed by atoms with Crippen molar-refractivity contribution < 1.29 is 47.8 Å². The number of anilines is 4. The Morgan fingerprint density at radius 1 is 0.488 bits per heavy atom. The van der Waals surface area contributed by atoms with Gasteiger partial charge in [0.2, 0.25) is 5.82 Å². The topological polar surface area (TPSA) is 38.5 Å². The van der Waals surface area contributed by atoms with E-state index in [1.54, 1.807) is 17.6 Å². The van der Waals surface area contributed by atoms with Crippen LogP contribution in [0.4, 0.5) is 44.7 Å². The molecule has 0 unspecified atom stereocenters. The standard InChI is InChI=1S/C74H61F5N5O.Pt/c1-42(2)44-31-45(43(3)4)33-46(32-44)57-34-48(74(8,9)10)35-58(66-67(75)69(77)71(79)70(78)68(66)76)72(57)82-41-81(62-25-17-18-26-63(62)82)49-37-50(83-59-22-14-11-19-53(59)54-20-12-15-23-60(54)83)39-52(38-49)85-51-27-28-56-55-21-13-16-24-61(55)84(64(56)40-51)65-36-47(29-30-80-65)73(5,6)7;/h11-37,39,41-43H,1-10H3;/q-3;. The number of aromatic nitrogens is 3. The van der Waals surface area contributed by atoms with Crippen LogP contribution in [0.15, 0.2) is 170 Å². The third kappa shape index (κ3) is 9.82. The Hall–Kier alpha value is -8.53. The fourth-order valence-electron chi connectivity index (χ4n) is 11.9. The Balaban J connectivity index is 0.00000724. The van der Waals surface area contributed by atoms with E-state index in [0.29, 0.717) is 45.3 Å². The molecule has 4 heterocycles. The Labute approximate surface area is 512 Å². The summed E-state index contributed by atoms with van der Waals surface area (Å²) >= 11 is 0. The molecule has 0 aliphatic carbocycles. The molecule has 0 radical (unpaired) electrons. The predicted octanol–water partition coefficient (Wildman–Crippen LogP) is 20.9. The minimum absolute atomic E-state index is 0. The van der Waals surface area contributed by atoms with Crippen LogP contribution in [0.5, 0.6) is 11.5 Å². The number of benzene rings is 9. The van der Waals surface area contributed by atoms with Crippen LogP contribution >= 0.6 is 0 Å². The molecule has 436 valence electrons. The van der Waals surface area contributed by atoms with Gasteiger partial charge in [-0.05, 0) is 110 Å². The molecule has 12 aromatic rings. The molecule has 0 fully saturated rings. The van der Waals surface area contributed by atoms with Gasteiger partial charge in [-0.25, -0.2) is 26.9 Å². The number of hydrogen-bond acceptors (Lipinski definition) is 4. The average molecular weight is 1330 g/mol. The molecule has 0 saturated heterocycles. The van der Waals surface area contributed by atoms with Gasteiger partial charge in [-0.2, -0.15) is 6.07 Å². The molecule has 3 aromatic heterocycles. The second-order valence-electron chi connectivity index (χ2n) is 24.8. The first-order chi connectivity index (χ1) is 40.6. The smallest absolute Gasteiger partial charge is 0.200 e. The number of halogens is 5. The van der Waals surface area contributed by atoms with Gasteiger partial charge in [0, 0.05) is 83.2 Å². The summed E-state index contributed by atoms with van der Waals surface area (Å²) in [6, 6.07) is 61.4. The monoisotopic (exact) mass is 1330 g/mol. The van der Waals surface area contributed by atoms with Crippen molar-refractivity contribution in [2.75, 3.05) is 9.80 Å². The number of fused-ring (bicyclic) bond motifs is 7. The molecule has 0 saturated carbocycles. The molecule has 0 amide bonds. The first-order valence-corrected chi connectivity index (χ1v) is 28.7. The van der Waals surface area contributed by atoms with Gasteiger partial charge in [0.1, 0.15) is 5.82 Å². The second-order valence-corrected chi connectivity index (χ2v) is 24.8. The summed E-state index contributed by atoms with van der Waals surface area (Å²) in [6.07, 6.45) is 1.84. The first kappa shape index (κ1) is 57.9. The average Bonchev–Trinajstić information content (AvgIpc) is 1.51. The maximum Gasteiger partial charge on any atom is 0.200 e. The first-order valence-electron chi connectivity index (χ1n) is 28.7. The number of nitrogens with zero attached hydrogens (tertiary/aromatic N) is 5. The van der Waals surface area contributed by atoms with E-state index < -0.39 is 40.1 Å². The van der Waals surface area contributed by atoms with Crippen LogP contribution in [0, 0.1) is 47.9 Å². The Morgan fingerprint density at radius 3 is 1.59 bits per heavy atom. The quantitative estimate of drug-likeness (QED) is 0.0592.